The van der Waals surface area contributed by atoms with E-state index >= 15 is 0 Å². The third kappa shape index (κ3) is 7.12. The molecule has 1 aliphatic rings. The second-order valence-corrected chi connectivity index (χ2v) is 4.98. The van der Waals surface area contributed by atoms with Crippen LogP contribution in [0, 0.1) is 0 Å². The zero-order chi connectivity index (χ0) is 14.6. The zero-order valence-corrected chi connectivity index (χ0v) is 12.3. The Hall–Kier alpha value is -1.58. The van der Waals surface area contributed by atoms with Gasteiger partial charge in [-0.15, -0.1) is 0 Å². The average molecular weight is 279 g/mol. The van der Waals surface area contributed by atoms with Gasteiger partial charge in [-0.1, -0.05) is 44.4 Å². The van der Waals surface area contributed by atoms with Crippen molar-refractivity contribution >= 4 is 11.9 Å². The van der Waals surface area contributed by atoms with Gasteiger partial charge in [0.1, 0.15) is 6.04 Å². The molecule has 0 aromatic heterocycles. The number of carbonyl (C=O) groups is 2. The van der Waals surface area contributed by atoms with Crippen LogP contribution < -0.4 is 5.32 Å². The number of nitrogens with one attached hydrogen (secondary N) is 1. The van der Waals surface area contributed by atoms with Gasteiger partial charge < -0.3 is 10.1 Å². The van der Waals surface area contributed by atoms with Gasteiger partial charge in [0.25, 0.3) is 0 Å². The first-order valence-electron chi connectivity index (χ1n) is 7.52. The third-order valence-electron chi connectivity index (χ3n) is 3.18. The standard InChI is InChI=1S/C16H25NO3/c1-2-3-4-5-6-7-8-9-10-11-15(18)17-14-12-13-20-16(14)19/h7-8,10-11,14H,2-6,9,12-13H2,1H3,(H,17,18)/b8-7-,11-10+/t14-/m0/s1. The summed E-state index contributed by atoms with van der Waals surface area (Å²) in [4.78, 5) is 22.7. The summed E-state index contributed by atoms with van der Waals surface area (Å²) in [5, 5.41) is 2.63. The van der Waals surface area contributed by atoms with Crippen molar-refractivity contribution in [3.8, 4) is 0 Å². The van der Waals surface area contributed by atoms with Crippen LogP contribution in [0.25, 0.3) is 0 Å². The lowest BCUT2D eigenvalue weighted by atomic mass is 10.1. The number of ether oxygens (including phenoxy) is 1. The first kappa shape index (κ1) is 16.5. The van der Waals surface area contributed by atoms with Gasteiger partial charge in [-0.25, -0.2) is 4.79 Å². The van der Waals surface area contributed by atoms with E-state index in [0.29, 0.717) is 13.0 Å². The van der Waals surface area contributed by atoms with Gasteiger partial charge in [-0.3, -0.25) is 4.79 Å². The van der Waals surface area contributed by atoms with Gasteiger partial charge in [-0.05, 0) is 25.3 Å². The third-order valence-corrected chi connectivity index (χ3v) is 3.18. The lowest BCUT2D eigenvalue weighted by Crippen LogP contribution is -2.36. The van der Waals surface area contributed by atoms with E-state index < -0.39 is 6.04 Å². The predicted octanol–water partition coefficient (Wildman–Crippen LogP) is 2.89. The van der Waals surface area contributed by atoms with Gasteiger partial charge in [0.15, 0.2) is 0 Å². The van der Waals surface area contributed by atoms with Crippen molar-refractivity contribution in [1.29, 1.82) is 0 Å². The Morgan fingerprint density at radius 2 is 2.15 bits per heavy atom. The van der Waals surface area contributed by atoms with E-state index in [1.54, 1.807) is 6.08 Å². The Kier molecular flexibility index (Phi) is 8.43. The van der Waals surface area contributed by atoms with E-state index in [4.69, 9.17) is 4.74 Å². The Morgan fingerprint density at radius 3 is 2.85 bits per heavy atom. The quantitative estimate of drug-likeness (QED) is 0.305. The zero-order valence-electron chi connectivity index (χ0n) is 12.3. The number of allylic oxidation sites excluding steroid dienone is 3. The molecule has 1 aliphatic heterocycles. The fourth-order valence-electron chi connectivity index (χ4n) is 2.00. The van der Waals surface area contributed by atoms with Crippen molar-refractivity contribution in [1.82, 2.24) is 5.32 Å². The van der Waals surface area contributed by atoms with Crippen LogP contribution in [0.2, 0.25) is 0 Å². The fourth-order valence-corrected chi connectivity index (χ4v) is 2.00. The van der Waals surface area contributed by atoms with E-state index in [9.17, 15) is 9.59 Å². The van der Waals surface area contributed by atoms with Gasteiger partial charge in [0.05, 0.1) is 6.61 Å². The highest BCUT2D eigenvalue weighted by Crippen LogP contribution is 2.05. The molecule has 0 aliphatic carbocycles. The molecule has 4 heteroatoms. The highest BCUT2D eigenvalue weighted by atomic mass is 16.5. The molecule has 1 rings (SSSR count). The van der Waals surface area contributed by atoms with Crippen molar-refractivity contribution in [2.24, 2.45) is 0 Å². The number of amides is 1. The molecular formula is C16H25NO3. The minimum absolute atomic E-state index is 0.231. The maximum atomic E-state index is 11.5. The minimum Gasteiger partial charge on any atom is -0.464 e. The molecule has 1 N–H and O–H groups in total. The van der Waals surface area contributed by atoms with Gasteiger partial charge >= 0.3 is 5.97 Å². The van der Waals surface area contributed by atoms with Gasteiger partial charge in [0.2, 0.25) is 5.91 Å². The minimum atomic E-state index is -0.471. The van der Waals surface area contributed by atoms with Crippen molar-refractivity contribution in [2.75, 3.05) is 6.61 Å². The monoisotopic (exact) mass is 279 g/mol. The van der Waals surface area contributed by atoms with E-state index in [-0.39, 0.29) is 11.9 Å². The molecule has 0 radical (unpaired) electrons. The summed E-state index contributed by atoms with van der Waals surface area (Å²) >= 11 is 0. The molecule has 0 aromatic carbocycles. The summed E-state index contributed by atoms with van der Waals surface area (Å²) in [5.74, 6) is -0.566. The van der Waals surface area contributed by atoms with Crippen LogP contribution in [0.1, 0.15) is 51.9 Å². The molecule has 1 heterocycles. The number of unbranched alkanes of at least 4 members (excludes halogenated alkanes) is 4. The number of cyclic esters (lactones) is 1. The summed E-state index contributed by atoms with van der Waals surface area (Å²) in [6, 6.07) is -0.471. The molecule has 0 bridgehead atoms. The maximum absolute atomic E-state index is 11.5. The van der Waals surface area contributed by atoms with Crippen molar-refractivity contribution in [3.05, 3.63) is 24.3 Å². The summed E-state index contributed by atoms with van der Waals surface area (Å²) < 4.78 is 4.78. The van der Waals surface area contributed by atoms with E-state index in [0.717, 1.165) is 12.8 Å². The fraction of sp³-hybridized carbons (Fsp3) is 0.625. The number of esters is 1. The number of hydrogen-bond acceptors (Lipinski definition) is 3. The predicted molar refractivity (Wildman–Crippen MR) is 79.2 cm³/mol. The normalized spacial score (nSPS) is 18.9. The summed E-state index contributed by atoms with van der Waals surface area (Å²) in [6.07, 6.45) is 15.0. The molecule has 0 aromatic rings. The maximum Gasteiger partial charge on any atom is 0.328 e. The highest BCUT2D eigenvalue weighted by molar-refractivity contribution is 5.91. The Bertz CT molecular complexity index is 361. The molecule has 1 amide bonds. The van der Waals surface area contributed by atoms with Crippen molar-refractivity contribution in [2.45, 2.75) is 57.9 Å². The molecule has 0 saturated carbocycles. The number of carbonyl (C=O) groups excluding carboxylic acids is 2. The Labute approximate surface area is 121 Å². The van der Waals surface area contributed by atoms with E-state index in [2.05, 4.69) is 24.4 Å². The van der Waals surface area contributed by atoms with Crippen LogP contribution in [0.4, 0.5) is 0 Å². The van der Waals surface area contributed by atoms with E-state index in [1.807, 2.05) is 0 Å². The van der Waals surface area contributed by atoms with Gasteiger partial charge in [-0.2, -0.15) is 0 Å². The van der Waals surface area contributed by atoms with Crippen LogP contribution in [-0.2, 0) is 14.3 Å². The topological polar surface area (TPSA) is 55.4 Å². The van der Waals surface area contributed by atoms with Crippen LogP contribution >= 0.6 is 0 Å². The van der Waals surface area contributed by atoms with Crippen LogP contribution in [0.15, 0.2) is 24.3 Å². The second-order valence-electron chi connectivity index (χ2n) is 4.98. The average Bonchev–Trinajstić information content (AvgIpc) is 2.82. The molecule has 0 spiro atoms. The smallest absolute Gasteiger partial charge is 0.328 e. The lowest BCUT2D eigenvalue weighted by molar-refractivity contribution is -0.140. The summed E-state index contributed by atoms with van der Waals surface area (Å²) in [5.41, 5.74) is 0. The van der Waals surface area contributed by atoms with Gasteiger partial charge in [0, 0.05) is 6.42 Å². The molecule has 4 nitrogen and oxygen atoms in total. The van der Waals surface area contributed by atoms with Crippen molar-refractivity contribution in [3.63, 3.8) is 0 Å². The number of hydrogen-bond donors (Lipinski definition) is 1. The van der Waals surface area contributed by atoms with E-state index in [1.165, 1.54) is 31.8 Å². The SMILES string of the molecule is CCCCCC/C=C\C/C=C/C(=O)N[C@H]1CCOC1=O. The molecule has 0 unspecified atom stereocenters. The summed E-state index contributed by atoms with van der Waals surface area (Å²) in [6.45, 7) is 2.60. The molecule has 20 heavy (non-hydrogen) atoms. The van der Waals surface area contributed by atoms with Crippen LogP contribution in [0.3, 0.4) is 0 Å². The highest BCUT2D eigenvalue weighted by Gasteiger charge is 2.26. The Balaban J connectivity index is 2.06. The van der Waals surface area contributed by atoms with Crippen LogP contribution in [0.5, 0.6) is 0 Å². The molecule has 1 atom stereocenters. The van der Waals surface area contributed by atoms with Crippen LogP contribution in [-0.4, -0.2) is 24.5 Å². The first-order chi connectivity index (χ1) is 9.74. The summed E-state index contributed by atoms with van der Waals surface area (Å²) in [7, 11) is 0. The largest absolute Gasteiger partial charge is 0.464 e. The van der Waals surface area contributed by atoms with Crippen molar-refractivity contribution < 1.29 is 14.3 Å². The second kappa shape index (κ2) is 10.2. The molecule has 112 valence electrons. The molecule has 1 fully saturated rings. The molecule has 1 saturated heterocycles. The molecular weight excluding hydrogens is 254 g/mol. The Morgan fingerprint density at radius 1 is 1.30 bits per heavy atom. The number of rotatable bonds is 9. The first-order valence-corrected chi connectivity index (χ1v) is 7.52. The lowest BCUT2D eigenvalue weighted by Gasteiger charge is -2.05.